The van der Waals surface area contributed by atoms with Crippen LogP contribution in [0, 0.1) is 11.8 Å². The maximum Gasteiger partial charge on any atom is 0.291 e. The largest absolute Gasteiger partial charge is 0.379 e. The molecule has 0 unspecified atom stereocenters. The summed E-state index contributed by atoms with van der Waals surface area (Å²) in [5.41, 5.74) is 0.444. The van der Waals surface area contributed by atoms with E-state index >= 15 is 0 Å². The molecule has 0 spiro atoms. The summed E-state index contributed by atoms with van der Waals surface area (Å²) in [6.07, 6.45) is 6.50. The van der Waals surface area contributed by atoms with E-state index in [4.69, 9.17) is 11.6 Å². The molecular formula is C12H16ClN3O. The monoisotopic (exact) mass is 253 g/mol. The third-order valence-electron chi connectivity index (χ3n) is 3.39. The van der Waals surface area contributed by atoms with Crippen molar-refractivity contribution < 1.29 is 0 Å². The molecule has 2 fully saturated rings. The maximum absolute atomic E-state index is 12.1. The highest BCUT2D eigenvalue weighted by Crippen LogP contribution is 2.31. The average molecular weight is 254 g/mol. The Bertz CT molecular complexity index is 477. The van der Waals surface area contributed by atoms with Gasteiger partial charge in [0.15, 0.2) is 0 Å². The fraction of sp³-hybridized carbons (Fsp3) is 0.667. The number of nitrogens with zero attached hydrogens (tertiary/aromatic N) is 2. The SMILES string of the molecule is O=c1c(NCC2CC2)c(Cl)cnn1CC1CC1. The van der Waals surface area contributed by atoms with Gasteiger partial charge in [0.25, 0.3) is 5.56 Å². The zero-order valence-electron chi connectivity index (χ0n) is 9.66. The van der Waals surface area contributed by atoms with Crippen molar-refractivity contribution in [1.29, 1.82) is 0 Å². The lowest BCUT2D eigenvalue weighted by atomic mass is 10.3. The van der Waals surface area contributed by atoms with Gasteiger partial charge < -0.3 is 5.32 Å². The minimum atomic E-state index is -0.0787. The summed E-state index contributed by atoms with van der Waals surface area (Å²) in [5.74, 6) is 1.35. The Kier molecular flexibility index (Phi) is 2.82. The second-order valence-electron chi connectivity index (χ2n) is 5.12. The molecule has 1 N–H and O–H groups in total. The Morgan fingerprint density at radius 2 is 2.06 bits per heavy atom. The van der Waals surface area contributed by atoms with Crippen LogP contribution in [0.3, 0.4) is 0 Å². The van der Waals surface area contributed by atoms with Crippen molar-refractivity contribution in [1.82, 2.24) is 9.78 Å². The molecule has 3 rings (SSSR count). The second-order valence-corrected chi connectivity index (χ2v) is 5.53. The van der Waals surface area contributed by atoms with Crippen molar-refractivity contribution in [2.75, 3.05) is 11.9 Å². The van der Waals surface area contributed by atoms with Crippen LogP contribution in [-0.4, -0.2) is 16.3 Å². The lowest BCUT2D eigenvalue weighted by Gasteiger charge is -2.09. The van der Waals surface area contributed by atoms with Crippen molar-refractivity contribution in [3.8, 4) is 0 Å². The van der Waals surface area contributed by atoms with Crippen LogP contribution < -0.4 is 10.9 Å². The zero-order valence-corrected chi connectivity index (χ0v) is 10.4. The first-order valence-corrected chi connectivity index (χ1v) is 6.61. The van der Waals surface area contributed by atoms with Crippen molar-refractivity contribution in [2.45, 2.75) is 32.2 Å². The fourth-order valence-electron chi connectivity index (χ4n) is 1.87. The van der Waals surface area contributed by atoms with Gasteiger partial charge >= 0.3 is 0 Å². The summed E-state index contributed by atoms with van der Waals surface area (Å²) in [6, 6.07) is 0. The van der Waals surface area contributed by atoms with Crippen molar-refractivity contribution >= 4 is 17.3 Å². The quantitative estimate of drug-likeness (QED) is 0.875. The number of anilines is 1. The predicted molar refractivity (Wildman–Crippen MR) is 67.4 cm³/mol. The number of aromatic nitrogens is 2. The van der Waals surface area contributed by atoms with Crippen LogP contribution in [0.15, 0.2) is 11.0 Å². The van der Waals surface area contributed by atoms with Gasteiger partial charge in [-0.1, -0.05) is 11.6 Å². The standard InChI is InChI=1S/C12H16ClN3O/c13-10-6-15-16(7-9-3-4-9)12(17)11(10)14-5-8-1-2-8/h6,8-9,14H,1-5,7H2. The van der Waals surface area contributed by atoms with Crippen LogP contribution in [0.1, 0.15) is 25.7 Å². The third kappa shape index (κ3) is 2.63. The molecule has 2 aliphatic carbocycles. The zero-order chi connectivity index (χ0) is 11.8. The molecule has 1 aromatic rings. The fourth-order valence-corrected chi connectivity index (χ4v) is 2.06. The molecule has 1 heterocycles. The van der Waals surface area contributed by atoms with Gasteiger partial charge in [0.2, 0.25) is 0 Å². The van der Waals surface area contributed by atoms with E-state index in [1.54, 1.807) is 10.9 Å². The van der Waals surface area contributed by atoms with Crippen LogP contribution >= 0.6 is 11.6 Å². The van der Waals surface area contributed by atoms with Crippen molar-refractivity contribution in [3.05, 3.63) is 21.6 Å². The van der Waals surface area contributed by atoms with Gasteiger partial charge in [-0.05, 0) is 37.5 Å². The van der Waals surface area contributed by atoms with E-state index in [1.807, 2.05) is 0 Å². The first kappa shape index (κ1) is 11.1. The number of hydrogen-bond donors (Lipinski definition) is 1. The molecule has 5 heteroatoms. The Labute approximate surface area is 105 Å². The summed E-state index contributed by atoms with van der Waals surface area (Å²) in [5, 5.41) is 7.70. The van der Waals surface area contributed by atoms with Crippen LogP contribution in [0.2, 0.25) is 5.02 Å². The van der Waals surface area contributed by atoms with E-state index in [2.05, 4.69) is 10.4 Å². The van der Waals surface area contributed by atoms with Gasteiger partial charge in [-0.2, -0.15) is 5.10 Å². The Hall–Kier alpha value is -1.03. The van der Waals surface area contributed by atoms with E-state index < -0.39 is 0 Å². The topological polar surface area (TPSA) is 46.9 Å². The van der Waals surface area contributed by atoms with E-state index in [1.165, 1.54) is 25.7 Å². The molecule has 2 aliphatic rings. The highest BCUT2D eigenvalue weighted by Gasteiger charge is 2.24. The number of hydrogen-bond acceptors (Lipinski definition) is 3. The molecule has 0 amide bonds. The molecule has 1 aromatic heterocycles. The minimum Gasteiger partial charge on any atom is -0.379 e. The lowest BCUT2D eigenvalue weighted by Crippen LogP contribution is -2.27. The summed E-state index contributed by atoms with van der Waals surface area (Å²) in [4.78, 5) is 12.1. The van der Waals surface area contributed by atoms with E-state index in [0.29, 0.717) is 16.6 Å². The van der Waals surface area contributed by atoms with E-state index in [9.17, 15) is 4.79 Å². The molecule has 0 atom stereocenters. The Balaban J connectivity index is 1.79. The summed E-state index contributed by atoms with van der Waals surface area (Å²) < 4.78 is 1.54. The van der Waals surface area contributed by atoms with E-state index in [0.717, 1.165) is 19.0 Å². The molecule has 0 aliphatic heterocycles. The molecule has 92 valence electrons. The Morgan fingerprint density at radius 3 is 2.71 bits per heavy atom. The van der Waals surface area contributed by atoms with Gasteiger partial charge in [0.05, 0.1) is 11.2 Å². The van der Waals surface area contributed by atoms with E-state index in [-0.39, 0.29) is 5.56 Å². The predicted octanol–water partition coefficient (Wildman–Crippen LogP) is 2.13. The molecule has 0 aromatic carbocycles. The third-order valence-corrected chi connectivity index (χ3v) is 3.68. The number of halogens is 1. The summed E-state index contributed by atoms with van der Waals surface area (Å²) in [7, 11) is 0. The lowest BCUT2D eigenvalue weighted by molar-refractivity contribution is 0.534. The maximum atomic E-state index is 12.1. The van der Waals surface area contributed by atoms with Crippen LogP contribution in [-0.2, 0) is 6.54 Å². The summed E-state index contributed by atoms with van der Waals surface area (Å²) >= 11 is 6.02. The molecule has 0 bridgehead atoms. The normalized spacial score (nSPS) is 19.4. The first-order chi connectivity index (χ1) is 8.24. The first-order valence-electron chi connectivity index (χ1n) is 6.23. The molecular weight excluding hydrogens is 238 g/mol. The van der Waals surface area contributed by atoms with Gasteiger partial charge in [-0.3, -0.25) is 4.79 Å². The van der Waals surface area contributed by atoms with Crippen LogP contribution in [0.25, 0.3) is 0 Å². The average Bonchev–Trinajstić information content (AvgIpc) is 3.15. The molecule has 2 saturated carbocycles. The van der Waals surface area contributed by atoms with Crippen molar-refractivity contribution in [3.63, 3.8) is 0 Å². The highest BCUT2D eigenvalue weighted by molar-refractivity contribution is 6.32. The van der Waals surface area contributed by atoms with Crippen LogP contribution in [0.4, 0.5) is 5.69 Å². The van der Waals surface area contributed by atoms with Gasteiger partial charge in [0, 0.05) is 13.1 Å². The molecule has 17 heavy (non-hydrogen) atoms. The van der Waals surface area contributed by atoms with Gasteiger partial charge in [-0.15, -0.1) is 0 Å². The summed E-state index contributed by atoms with van der Waals surface area (Å²) in [6.45, 7) is 1.58. The van der Waals surface area contributed by atoms with Gasteiger partial charge in [0.1, 0.15) is 5.69 Å². The highest BCUT2D eigenvalue weighted by atomic mass is 35.5. The number of rotatable bonds is 5. The molecule has 4 nitrogen and oxygen atoms in total. The Morgan fingerprint density at radius 1 is 1.35 bits per heavy atom. The van der Waals surface area contributed by atoms with Crippen LogP contribution in [0.5, 0.6) is 0 Å². The minimum absolute atomic E-state index is 0.0787. The van der Waals surface area contributed by atoms with Crippen molar-refractivity contribution in [2.24, 2.45) is 11.8 Å². The van der Waals surface area contributed by atoms with Gasteiger partial charge in [-0.25, -0.2) is 4.68 Å². The molecule has 0 saturated heterocycles. The molecule has 0 radical (unpaired) electrons. The second kappa shape index (κ2) is 4.33. The smallest absolute Gasteiger partial charge is 0.291 e. The number of nitrogens with one attached hydrogen (secondary N) is 1.